The molecule has 1 N–H and O–H groups in total. The first-order chi connectivity index (χ1) is 8.04. The Morgan fingerprint density at radius 1 is 1.29 bits per heavy atom. The number of benzene rings is 1. The van der Waals surface area contributed by atoms with Crippen molar-refractivity contribution in [2.75, 3.05) is 7.05 Å². The van der Waals surface area contributed by atoms with Gasteiger partial charge in [0.2, 0.25) is 5.78 Å². The van der Waals surface area contributed by atoms with E-state index in [2.05, 4.69) is 9.71 Å². The largest absolute Gasteiger partial charge is 0.385 e. The van der Waals surface area contributed by atoms with Crippen LogP contribution in [0.5, 0.6) is 0 Å². The van der Waals surface area contributed by atoms with E-state index in [0.717, 1.165) is 0 Å². The summed E-state index contributed by atoms with van der Waals surface area (Å²) in [6.07, 6.45) is 1.47. The molecule has 5 nitrogen and oxygen atoms in total. The molecule has 0 saturated heterocycles. The van der Waals surface area contributed by atoms with Crippen molar-refractivity contribution in [3.8, 4) is 0 Å². The maximum Gasteiger partial charge on any atom is 0.283 e. The molecule has 1 aromatic rings. The van der Waals surface area contributed by atoms with Crippen molar-refractivity contribution in [3.63, 3.8) is 0 Å². The molecule has 0 aromatic heterocycles. The van der Waals surface area contributed by atoms with Crippen LogP contribution in [0.1, 0.15) is 15.9 Å². The maximum atomic E-state index is 12.0. The molecule has 1 heterocycles. The van der Waals surface area contributed by atoms with Crippen molar-refractivity contribution in [3.05, 3.63) is 41.1 Å². The third-order valence-electron chi connectivity index (χ3n) is 2.82. The minimum atomic E-state index is -3.64. The average molecular weight is 248 g/mol. The Bertz CT molecular complexity index is 714. The third kappa shape index (κ3) is 1.21. The van der Waals surface area contributed by atoms with E-state index < -0.39 is 10.0 Å². The molecule has 0 radical (unpaired) electrons. The van der Waals surface area contributed by atoms with Gasteiger partial charge in [0.05, 0.1) is 16.3 Å². The quantitative estimate of drug-likeness (QED) is 0.784. The van der Waals surface area contributed by atoms with Gasteiger partial charge in [0, 0.05) is 18.2 Å². The van der Waals surface area contributed by atoms with Crippen LogP contribution in [0.15, 0.2) is 39.3 Å². The SMILES string of the molecule is CNC1=CC2=NS(=O)(=O)c3cccc(c32)C1=O. The Morgan fingerprint density at radius 3 is 2.76 bits per heavy atom. The molecule has 1 aromatic carbocycles. The van der Waals surface area contributed by atoms with E-state index in [9.17, 15) is 13.2 Å². The molecular weight excluding hydrogens is 240 g/mol. The van der Waals surface area contributed by atoms with Crippen LogP contribution in [0, 0.1) is 0 Å². The summed E-state index contributed by atoms with van der Waals surface area (Å²) in [7, 11) is -2.03. The summed E-state index contributed by atoms with van der Waals surface area (Å²) in [6.45, 7) is 0. The summed E-state index contributed by atoms with van der Waals surface area (Å²) >= 11 is 0. The lowest BCUT2D eigenvalue weighted by atomic mass is 9.92. The molecule has 6 heteroatoms. The molecule has 0 atom stereocenters. The fourth-order valence-corrected chi connectivity index (χ4v) is 3.28. The van der Waals surface area contributed by atoms with E-state index in [0.29, 0.717) is 22.5 Å². The number of hydrogen-bond donors (Lipinski definition) is 1. The smallest absolute Gasteiger partial charge is 0.283 e. The number of sulfonamides is 1. The van der Waals surface area contributed by atoms with Crippen LogP contribution in [-0.4, -0.2) is 27.0 Å². The summed E-state index contributed by atoms with van der Waals surface area (Å²) < 4.78 is 27.2. The van der Waals surface area contributed by atoms with Gasteiger partial charge >= 0.3 is 0 Å². The Labute approximate surface area is 97.9 Å². The fraction of sp³-hybridized carbons (Fsp3) is 0.0909. The van der Waals surface area contributed by atoms with Gasteiger partial charge < -0.3 is 5.32 Å². The molecule has 86 valence electrons. The normalized spacial score (nSPS) is 19.5. The van der Waals surface area contributed by atoms with Gasteiger partial charge in [-0.05, 0) is 12.1 Å². The lowest BCUT2D eigenvalue weighted by Crippen LogP contribution is -2.24. The molecule has 2 aliphatic rings. The second-order valence-corrected chi connectivity index (χ2v) is 5.34. The van der Waals surface area contributed by atoms with Crippen LogP contribution in [0.4, 0.5) is 0 Å². The molecule has 17 heavy (non-hydrogen) atoms. The molecule has 0 saturated carbocycles. The molecular formula is C11H8N2O3S. The highest BCUT2D eigenvalue weighted by atomic mass is 32.2. The second-order valence-electron chi connectivity index (χ2n) is 3.77. The summed E-state index contributed by atoms with van der Waals surface area (Å²) in [5.41, 5.74) is 1.50. The van der Waals surface area contributed by atoms with E-state index in [-0.39, 0.29) is 10.7 Å². The Kier molecular flexibility index (Phi) is 1.83. The van der Waals surface area contributed by atoms with Crippen molar-refractivity contribution in [2.24, 2.45) is 4.40 Å². The maximum absolute atomic E-state index is 12.0. The van der Waals surface area contributed by atoms with Gasteiger partial charge in [-0.1, -0.05) is 12.1 Å². The minimum absolute atomic E-state index is 0.116. The number of carbonyl (C=O) groups is 1. The Morgan fingerprint density at radius 2 is 2.06 bits per heavy atom. The summed E-state index contributed by atoms with van der Waals surface area (Å²) in [6, 6.07) is 4.64. The van der Waals surface area contributed by atoms with Crippen molar-refractivity contribution in [1.29, 1.82) is 0 Å². The van der Waals surface area contributed by atoms with E-state index in [4.69, 9.17) is 0 Å². The van der Waals surface area contributed by atoms with Crippen molar-refractivity contribution >= 4 is 21.5 Å². The molecule has 1 aliphatic heterocycles. The highest BCUT2D eigenvalue weighted by molar-refractivity contribution is 7.90. The van der Waals surface area contributed by atoms with Crippen LogP contribution >= 0.6 is 0 Å². The number of nitrogens with zero attached hydrogens (tertiary/aromatic N) is 1. The molecule has 0 bridgehead atoms. The summed E-state index contributed by atoms with van der Waals surface area (Å²) in [5, 5.41) is 2.75. The fourth-order valence-electron chi connectivity index (χ4n) is 2.06. The number of allylic oxidation sites excluding steroid dienone is 2. The van der Waals surface area contributed by atoms with Gasteiger partial charge in [-0.15, -0.1) is 0 Å². The number of hydrogen-bond acceptors (Lipinski definition) is 4. The predicted octanol–water partition coefficient (Wildman–Crippen LogP) is 0.478. The zero-order valence-corrected chi connectivity index (χ0v) is 9.71. The van der Waals surface area contributed by atoms with Crippen LogP contribution in [0.25, 0.3) is 0 Å². The van der Waals surface area contributed by atoms with Crippen molar-refractivity contribution in [2.45, 2.75) is 4.90 Å². The highest BCUT2D eigenvalue weighted by Crippen LogP contribution is 2.33. The van der Waals surface area contributed by atoms with Gasteiger partial charge in [0.15, 0.2) is 0 Å². The van der Waals surface area contributed by atoms with E-state index in [1.165, 1.54) is 12.1 Å². The molecule has 3 rings (SSSR count). The number of likely N-dealkylation sites (N-methyl/N-ethyl adjacent to an activating group) is 1. The van der Waals surface area contributed by atoms with Crippen LogP contribution in [-0.2, 0) is 10.0 Å². The number of nitrogens with one attached hydrogen (secondary N) is 1. The standard InChI is InChI=1S/C11H8N2O3S/c1-12-8-5-7-10-6(11(8)14)3-2-4-9(10)17(15,16)13-7/h2-5,12H,1H3. The van der Waals surface area contributed by atoms with Crippen molar-refractivity contribution in [1.82, 2.24) is 5.32 Å². The Balaban J connectivity index is 2.43. The van der Waals surface area contributed by atoms with Gasteiger partial charge in [-0.25, -0.2) is 0 Å². The van der Waals surface area contributed by atoms with Crippen molar-refractivity contribution < 1.29 is 13.2 Å². The molecule has 0 unspecified atom stereocenters. The number of ketones is 1. The zero-order valence-electron chi connectivity index (χ0n) is 8.89. The van der Waals surface area contributed by atoms with Crippen LogP contribution < -0.4 is 5.32 Å². The van der Waals surface area contributed by atoms with E-state index in [1.54, 1.807) is 19.2 Å². The zero-order chi connectivity index (χ0) is 12.2. The Hall–Kier alpha value is -1.95. The lowest BCUT2D eigenvalue weighted by Gasteiger charge is -2.14. The molecule has 0 spiro atoms. The average Bonchev–Trinajstić information content (AvgIpc) is 2.57. The lowest BCUT2D eigenvalue weighted by molar-refractivity contribution is 0.102. The summed E-state index contributed by atoms with van der Waals surface area (Å²) in [5.74, 6) is -0.208. The van der Waals surface area contributed by atoms with Crippen LogP contribution in [0.2, 0.25) is 0 Å². The highest BCUT2D eigenvalue weighted by Gasteiger charge is 2.35. The number of Topliss-reactive ketones (excluding diaryl/α,β-unsaturated/α-hetero) is 1. The minimum Gasteiger partial charge on any atom is -0.385 e. The topological polar surface area (TPSA) is 75.6 Å². The van der Waals surface area contributed by atoms with E-state index in [1.807, 2.05) is 0 Å². The molecule has 0 amide bonds. The third-order valence-corrected chi connectivity index (χ3v) is 4.15. The van der Waals surface area contributed by atoms with Gasteiger partial charge in [-0.2, -0.15) is 12.8 Å². The van der Waals surface area contributed by atoms with Crippen LogP contribution in [0.3, 0.4) is 0 Å². The monoisotopic (exact) mass is 248 g/mol. The van der Waals surface area contributed by atoms with Gasteiger partial charge in [-0.3, -0.25) is 4.79 Å². The predicted molar refractivity (Wildman–Crippen MR) is 61.6 cm³/mol. The van der Waals surface area contributed by atoms with E-state index >= 15 is 0 Å². The summed E-state index contributed by atoms with van der Waals surface area (Å²) in [4.78, 5) is 12.1. The first-order valence-electron chi connectivity index (χ1n) is 4.97. The van der Waals surface area contributed by atoms with Gasteiger partial charge in [0.1, 0.15) is 0 Å². The first-order valence-corrected chi connectivity index (χ1v) is 6.41. The number of carbonyl (C=O) groups excluding carboxylic acids is 1. The second kappa shape index (κ2) is 3.04. The first kappa shape index (κ1) is 10.2. The molecule has 0 fully saturated rings. The van der Waals surface area contributed by atoms with Gasteiger partial charge in [0.25, 0.3) is 10.0 Å². The number of rotatable bonds is 1. The molecule has 1 aliphatic carbocycles.